The second-order valence-electron chi connectivity index (χ2n) is 4.07. The minimum absolute atomic E-state index is 0.0552. The lowest BCUT2D eigenvalue weighted by Crippen LogP contribution is -2.13. The summed E-state index contributed by atoms with van der Waals surface area (Å²) in [6.45, 7) is -0.336. The summed E-state index contributed by atoms with van der Waals surface area (Å²) in [5.41, 5.74) is 0.600. The highest BCUT2D eigenvalue weighted by molar-refractivity contribution is 5.57. The maximum Gasteiger partial charge on any atom is 0.211 e. The number of hydrogen-bond acceptors (Lipinski definition) is 6. The zero-order valence-electron chi connectivity index (χ0n) is 11.6. The van der Waals surface area contributed by atoms with Crippen LogP contribution in [0.15, 0.2) is 12.1 Å². The van der Waals surface area contributed by atoms with Gasteiger partial charge in [-0.2, -0.15) is 0 Å². The molecule has 1 rings (SSSR count). The summed E-state index contributed by atoms with van der Waals surface area (Å²) in [7, 11) is 4.40. The van der Waals surface area contributed by atoms with Crippen molar-refractivity contribution in [3.8, 4) is 17.2 Å². The molecule has 0 aliphatic carbocycles. The van der Waals surface area contributed by atoms with E-state index in [0.717, 1.165) is 0 Å². The molecular weight excluding hydrogens is 266 g/mol. The van der Waals surface area contributed by atoms with Crippen LogP contribution in [0.3, 0.4) is 0 Å². The molecule has 0 heterocycles. The maximum absolute atomic E-state index is 10.7. The van der Waals surface area contributed by atoms with Crippen LogP contribution in [-0.4, -0.2) is 39.1 Å². The van der Waals surface area contributed by atoms with Gasteiger partial charge in [0.15, 0.2) is 11.5 Å². The van der Waals surface area contributed by atoms with Crippen molar-refractivity contribution >= 4 is 6.29 Å². The van der Waals surface area contributed by atoms with E-state index < -0.39 is 10.8 Å². The predicted octanol–water partition coefficient (Wildman–Crippen LogP) is 1.66. The Labute approximate surface area is 116 Å². The van der Waals surface area contributed by atoms with Crippen LogP contribution in [0.25, 0.3) is 0 Å². The van der Waals surface area contributed by atoms with Crippen LogP contribution in [0.5, 0.6) is 17.2 Å². The van der Waals surface area contributed by atoms with E-state index >= 15 is 0 Å². The number of carbonyl (C=O) groups is 1. The van der Waals surface area contributed by atoms with Crippen molar-refractivity contribution in [1.29, 1.82) is 0 Å². The van der Waals surface area contributed by atoms with Crippen LogP contribution in [0.4, 0.5) is 0 Å². The lowest BCUT2D eigenvalue weighted by Gasteiger charge is -2.17. The molecule has 0 amide bonds. The van der Waals surface area contributed by atoms with Crippen LogP contribution < -0.4 is 14.2 Å². The van der Waals surface area contributed by atoms with E-state index in [-0.39, 0.29) is 13.0 Å². The molecule has 1 aromatic carbocycles. The van der Waals surface area contributed by atoms with Crippen molar-refractivity contribution in [3.05, 3.63) is 27.8 Å². The SMILES string of the molecule is COc1cc(C(CC=O)C[N+](=O)[O-])cc(OC)c1OC. The molecule has 7 nitrogen and oxygen atoms in total. The summed E-state index contributed by atoms with van der Waals surface area (Å²) < 4.78 is 15.6. The van der Waals surface area contributed by atoms with Crippen molar-refractivity contribution < 1.29 is 23.9 Å². The summed E-state index contributed by atoms with van der Waals surface area (Å²) in [5.74, 6) is 0.683. The minimum Gasteiger partial charge on any atom is -0.493 e. The molecular formula is C13H17NO6. The molecule has 1 aromatic rings. The second kappa shape index (κ2) is 7.32. The van der Waals surface area contributed by atoms with E-state index in [1.807, 2.05) is 0 Å². The molecule has 0 aliphatic rings. The number of nitro groups is 1. The number of rotatable bonds is 8. The summed E-state index contributed by atoms with van der Waals surface area (Å²) in [6, 6.07) is 3.25. The fourth-order valence-electron chi connectivity index (χ4n) is 1.95. The van der Waals surface area contributed by atoms with Gasteiger partial charge in [-0.1, -0.05) is 0 Å². The average molecular weight is 283 g/mol. The highest BCUT2D eigenvalue weighted by Crippen LogP contribution is 2.40. The lowest BCUT2D eigenvalue weighted by molar-refractivity contribution is -0.483. The van der Waals surface area contributed by atoms with Crippen molar-refractivity contribution in [1.82, 2.24) is 0 Å². The van der Waals surface area contributed by atoms with Crippen molar-refractivity contribution in [3.63, 3.8) is 0 Å². The van der Waals surface area contributed by atoms with E-state index in [1.165, 1.54) is 21.3 Å². The molecule has 0 saturated carbocycles. The molecule has 0 fully saturated rings. The van der Waals surface area contributed by atoms with E-state index in [0.29, 0.717) is 29.1 Å². The van der Waals surface area contributed by atoms with Crippen molar-refractivity contribution in [2.24, 2.45) is 0 Å². The number of benzene rings is 1. The number of aldehydes is 1. The van der Waals surface area contributed by atoms with Gasteiger partial charge in [0.05, 0.1) is 27.2 Å². The molecule has 110 valence electrons. The van der Waals surface area contributed by atoms with Crippen molar-refractivity contribution in [2.75, 3.05) is 27.9 Å². The molecule has 0 spiro atoms. The van der Waals surface area contributed by atoms with Gasteiger partial charge < -0.3 is 19.0 Å². The third kappa shape index (κ3) is 3.59. The van der Waals surface area contributed by atoms with Gasteiger partial charge in [-0.3, -0.25) is 10.1 Å². The predicted molar refractivity (Wildman–Crippen MR) is 71.4 cm³/mol. The minimum atomic E-state index is -0.531. The van der Waals surface area contributed by atoms with Gasteiger partial charge in [-0.05, 0) is 17.7 Å². The van der Waals surface area contributed by atoms with E-state index in [1.54, 1.807) is 12.1 Å². The lowest BCUT2D eigenvalue weighted by atomic mass is 9.95. The summed E-state index contributed by atoms with van der Waals surface area (Å²) >= 11 is 0. The van der Waals surface area contributed by atoms with Crippen LogP contribution in [0.2, 0.25) is 0 Å². The van der Waals surface area contributed by atoms with Crippen molar-refractivity contribution in [2.45, 2.75) is 12.3 Å². The molecule has 0 radical (unpaired) electrons. The monoisotopic (exact) mass is 283 g/mol. The number of ether oxygens (including phenoxy) is 3. The first-order valence-electron chi connectivity index (χ1n) is 5.92. The fourth-order valence-corrected chi connectivity index (χ4v) is 1.95. The first-order valence-corrected chi connectivity index (χ1v) is 5.92. The smallest absolute Gasteiger partial charge is 0.211 e. The summed E-state index contributed by atoms with van der Waals surface area (Å²) in [5, 5.41) is 10.7. The van der Waals surface area contributed by atoms with Gasteiger partial charge >= 0.3 is 0 Å². The van der Waals surface area contributed by atoms with Gasteiger partial charge in [0.25, 0.3) is 0 Å². The molecule has 7 heteroatoms. The molecule has 0 saturated heterocycles. The number of hydrogen-bond donors (Lipinski definition) is 0. The number of carbonyl (C=O) groups excluding carboxylic acids is 1. The van der Waals surface area contributed by atoms with Crippen LogP contribution in [0.1, 0.15) is 17.9 Å². The van der Waals surface area contributed by atoms with Crippen LogP contribution in [-0.2, 0) is 4.79 Å². The molecule has 1 atom stereocenters. The Bertz CT molecular complexity index is 463. The third-order valence-corrected chi connectivity index (χ3v) is 2.91. The normalized spacial score (nSPS) is 11.6. The van der Waals surface area contributed by atoms with E-state index in [9.17, 15) is 14.9 Å². The Morgan fingerprint density at radius 3 is 2.10 bits per heavy atom. The van der Waals surface area contributed by atoms with Gasteiger partial charge in [0, 0.05) is 11.3 Å². The largest absolute Gasteiger partial charge is 0.493 e. The van der Waals surface area contributed by atoms with Gasteiger partial charge in [0.1, 0.15) is 6.29 Å². The fraction of sp³-hybridized carbons (Fsp3) is 0.462. The van der Waals surface area contributed by atoms with Gasteiger partial charge in [0.2, 0.25) is 12.3 Å². The molecule has 0 N–H and O–H groups in total. The van der Waals surface area contributed by atoms with E-state index in [2.05, 4.69) is 0 Å². The Balaban J connectivity index is 3.27. The standard InChI is InChI=1S/C13H17NO6/c1-18-11-6-10(7-12(19-2)13(11)20-3)9(4-5-15)8-14(16)17/h5-7,9H,4,8H2,1-3H3. The Hall–Kier alpha value is -2.31. The Morgan fingerprint density at radius 1 is 1.20 bits per heavy atom. The molecule has 1 unspecified atom stereocenters. The van der Waals surface area contributed by atoms with E-state index in [4.69, 9.17) is 14.2 Å². The Morgan fingerprint density at radius 2 is 1.75 bits per heavy atom. The van der Waals surface area contributed by atoms with Gasteiger partial charge in [-0.25, -0.2) is 0 Å². The molecule has 0 bridgehead atoms. The second-order valence-corrected chi connectivity index (χ2v) is 4.07. The highest BCUT2D eigenvalue weighted by Gasteiger charge is 2.22. The third-order valence-electron chi connectivity index (χ3n) is 2.91. The van der Waals surface area contributed by atoms with Crippen LogP contribution in [0, 0.1) is 10.1 Å². The summed E-state index contributed by atoms with van der Waals surface area (Å²) in [6.07, 6.45) is 0.719. The topological polar surface area (TPSA) is 87.9 Å². The van der Waals surface area contributed by atoms with Gasteiger partial charge in [-0.15, -0.1) is 0 Å². The Kier molecular flexibility index (Phi) is 5.76. The summed E-state index contributed by atoms with van der Waals surface area (Å²) in [4.78, 5) is 20.9. The first kappa shape index (κ1) is 15.7. The average Bonchev–Trinajstić information content (AvgIpc) is 2.44. The number of methoxy groups -OCH3 is 3. The molecule has 20 heavy (non-hydrogen) atoms. The molecule has 0 aliphatic heterocycles. The number of nitrogens with zero attached hydrogens (tertiary/aromatic N) is 1. The molecule has 0 aromatic heterocycles. The van der Waals surface area contributed by atoms with Crippen LogP contribution >= 0.6 is 0 Å². The first-order chi connectivity index (χ1) is 9.57. The zero-order valence-corrected chi connectivity index (χ0v) is 11.6. The highest BCUT2D eigenvalue weighted by atomic mass is 16.6. The zero-order chi connectivity index (χ0) is 15.1. The maximum atomic E-state index is 10.7. The quantitative estimate of drug-likeness (QED) is 0.409.